The Labute approximate surface area is 83.8 Å². The molecule has 0 bridgehead atoms. The molecular formula is C11H17FO2. The average molecular weight is 200 g/mol. The molecule has 3 atom stereocenters. The lowest BCUT2D eigenvalue weighted by molar-refractivity contribution is -0.154. The predicted octanol–water partition coefficient (Wildman–Crippen LogP) is 2.28. The second kappa shape index (κ2) is 3.17. The van der Waals surface area contributed by atoms with Crippen molar-refractivity contribution in [2.24, 2.45) is 11.8 Å². The first kappa shape index (κ1) is 9.10. The van der Waals surface area contributed by atoms with Crippen LogP contribution in [0, 0.1) is 11.8 Å². The van der Waals surface area contributed by atoms with Crippen molar-refractivity contribution in [3.05, 3.63) is 0 Å². The van der Waals surface area contributed by atoms with Crippen LogP contribution in [-0.2, 0) is 9.47 Å². The summed E-state index contributed by atoms with van der Waals surface area (Å²) >= 11 is 0. The van der Waals surface area contributed by atoms with E-state index in [1.165, 1.54) is 0 Å². The first-order chi connectivity index (χ1) is 6.77. The highest BCUT2D eigenvalue weighted by molar-refractivity contribution is 4.95. The maximum atomic E-state index is 13.2. The molecule has 2 saturated carbocycles. The van der Waals surface area contributed by atoms with E-state index >= 15 is 0 Å². The maximum Gasteiger partial charge on any atom is 0.169 e. The summed E-state index contributed by atoms with van der Waals surface area (Å²) in [4.78, 5) is 0. The van der Waals surface area contributed by atoms with E-state index in [2.05, 4.69) is 0 Å². The van der Waals surface area contributed by atoms with E-state index < -0.39 is 6.17 Å². The largest absolute Gasteiger partial charge is 0.348 e. The van der Waals surface area contributed by atoms with Crippen LogP contribution in [0.25, 0.3) is 0 Å². The summed E-state index contributed by atoms with van der Waals surface area (Å²) in [5, 5.41) is 0. The molecule has 3 aliphatic rings. The number of fused-ring (bicyclic) bond motifs is 1. The standard InChI is InChI=1S/C11H17FO2/c12-10-2-1-8-6-11(7-9(8)5-10)13-3-4-14-11/h8-10H,1-7H2/t8?,9-,10-/m0/s1. The van der Waals surface area contributed by atoms with Crippen molar-refractivity contribution >= 4 is 0 Å². The molecule has 1 heterocycles. The van der Waals surface area contributed by atoms with Gasteiger partial charge in [-0.2, -0.15) is 0 Å². The second-order valence-electron chi connectivity index (χ2n) is 4.95. The summed E-state index contributed by atoms with van der Waals surface area (Å²) in [6.07, 6.45) is 3.87. The van der Waals surface area contributed by atoms with Crippen molar-refractivity contribution in [3.63, 3.8) is 0 Å². The fraction of sp³-hybridized carbons (Fsp3) is 1.00. The highest BCUT2D eigenvalue weighted by atomic mass is 19.1. The molecule has 0 N–H and O–H groups in total. The SMILES string of the molecule is F[C@H]1CCC2CC3(C[C@@H]2C1)OCCO3. The number of hydrogen-bond acceptors (Lipinski definition) is 2. The summed E-state index contributed by atoms with van der Waals surface area (Å²) in [6, 6.07) is 0. The lowest BCUT2D eigenvalue weighted by Crippen LogP contribution is -2.26. The highest BCUT2D eigenvalue weighted by Gasteiger charge is 2.50. The van der Waals surface area contributed by atoms with E-state index in [0.29, 0.717) is 11.8 Å². The molecule has 0 aromatic heterocycles. The lowest BCUT2D eigenvalue weighted by Gasteiger charge is -2.26. The summed E-state index contributed by atoms with van der Waals surface area (Å²) in [7, 11) is 0. The van der Waals surface area contributed by atoms with Crippen LogP contribution in [0.4, 0.5) is 4.39 Å². The maximum absolute atomic E-state index is 13.2. The normalized spacial score (nSPS) is 45.6. The highest BCUT2D eigenvalue weighted by Crippen LogP contribution is 2.50. The number of halogens is 1. The Bertz CT molecular complexity index is 225. The first-order valence-corrected chi connectivity index (χ1v) is 5.69. The van der Waals surface area contributed by atoms with Gasteiger partial charge in [-0.1, -0.05) is 0 Å². The van der Waals surface area contributed by atoms with Gasteiger partial charge in [-0.3, -0.25) is 0 Å². The molecule has 3 fully saturated rings. The van der Waals surface area contributed by atoms with Gasteiger partial charge in [-0.15, -0.1) is 0 Å². The smallest absolute Gasteiger partial charge is 0.169 e. The van der Waals surface area contributed by atoms with Gasteiger partial charge in [0.25, 0.3) is 0 Å². The number of alkyl halides is 1. The first-order valence-electron chi connectivity index (χ1n) is 5.69. The third kappa shape index (κ3) is 1.38. The summed E-state index contributed by atoms with van der Waals surface area (Å²) in [5.74, 6) is 0.858. The topological polar surface area (TPSA) is 18.5 Å². The van der Waals surface area contributed by atoms with Crippen LogP contribution in [0.5, 0.6) is 0 Å². The summed E-state index contributed by atoms with van der Waals surface area (Å²) in [6.45, 7) is 1.44. The van der Waals surface area contributed by atoms with Gasteiger partial charge in [0.1, 0.15) is 6.17 Å². The molecule has 0 aromatic carbocycles. The number of rotatable bonds is 0. The Morgan fingerprint density at radius 2 is 1.71 bits per heavy atom. The van der Waals surface area contributed by atoms with Crippen LogP contribution >= 0.6 is 0 Å². The van der Waals surface area contributed by atoms with E-state index in [4.69, 9.17) is 9.47 Å². The molecular weight excluding hydrogens is 183 g/mol. The van der Waals surface area contributed by atoms with Gasteiger partial charge in [0.05, 0.1) is 13.2 Å². The lowest BCUT2D eigenvalue weighted by atomic mass is 9.81. The Balaban J connectivity index is 1.72. The van der Waals surface area contributed by atoms with Crippen molar-refractivity contribution in [3.8, 4) is 0 Å². The molecule has 0 amide bonds. The molecule has 0 aromatic rings. The Morgan fingerprint density at radius 3 is 2.50 bits per heavy atom. The fourth-order valence-corrected chi connectivity index (χ4v) is 3.40. The van der Waals surface area contributed by atoms with Crippen LogP contribution in [0.2, 0.25) is 0 Å². The summed E-state index contributed by atoms with van der Waals surface area (Å²) in [5.41, 5.74) is 0. The van der Waals surface area contributed by atoms with Gasteiger partial charge >= 0.3 is 0 Å². The zero-order valence-electron chi connectivity index (χ0n) is 8.38. The molecule has 0 radical (unpaired) electrons. The van der Waals surface area contributed by atoms with Crippen LogP contribution in [0.15, 0.2) is 0 Å². The quantitative estimate of drug-likeness (QED) is 0.597. The van der Waals surface area contributed by atoms with E-state index in [1.807, 2.05) is 0 Å². The van der Waals surface area contributed by atoms with Crippen molar-refractivity contribution in [2.45, 2.75) is 44.1 Å². The van der Waals surface area contributed by atoms with E-state index in [0.717, 1.165) is 45.3 Å². The monoisotopic (exact) mass is 200 g/mol. The second-order valence-corrected chi connectivity index (χ2v) is 4.95. The third-order valence-electron chi connectivity index (χ3n) is 4.04. The molecule has 1 aliphatic heterocycles. The van der Waals surface area contributed by atoms with Crippen molar-refractivity contribution in [2.75, 3.05) is 13.2 Å². The molecule has 1 unspecified atom stereocenters. The minimum atomic E-state index is -0.576. The van der Waals surface area contributed by atoms with E-state index in [1.54, 1.807) is 0 Å². The molecule has 80 valence electrons. The molecule has 3 heteroatoms. The Kier molecular flexibility index (Phi) is 2.06. The van der Waals surface area contributed by atoms with E-state index in [-0.39, 0.29) is 5.79 Å². The Morgan fingerprint density at radius 1 is 1.00 bits per heavy atom. The molecule has 2 aliphatic carbocycles. The average Bonchev–Trinajstić information content (AvgIpc) is 2.72. The van der Waals surface area contributed by atoms with Crippen LogP contribution < -0.4 is 0 Å². The molecule has 1 saturated heterocycles. The predicted molar refractivity (Wildman–Crippen MR) is 49.6 cm³/mol. The van der Waals surface area contributed by atoms with Gasteiger partial charge in [0.2, 0.25) is 0 Å². The van der Waals surface area contributed by atoms with Crippen molar-refractivity contribution in [1.29, 1.82) is 0 Å². The fourth-order valence-electron chi connectivity index (χ4n) is 3.40. The van der Waals surface area contributed by atoms with Gasteiger partial charge in [-0.05, 0) is 31.1 Å². The van der Waals surface area contributed by atoms with Crippen molar-refractivity contribution in [1.82, 2.24) is 0 Å². The van der Waals surface area contributed by atoms with Crippen molar-refractivity contribution < 1.29 is 13.9 Å². The van der Waals surface area contributed by atoms with E-state index in [9.17, 15) is 4.39 Å². The minimum Gasteiger partial charge on any atom is -0.348 e. The van der Waals surface area contributed by atoms with Gasteiger partial charge in [0.15, 0.2) is 5.79 Å². The molecule has 1 spiro atoms. The zero-order chi connectivity index (χ0) is 9.60. The third-order valence-corrected chi connectivity index (χ3v) is 4.04. The van der Waals surface area contributed by atoms with Crippen LogP contribution in [0.3, 0.4) is 0 Å². The number of ether oxygens (including phenoxy) is 2. The molecule has 2 nitrogen and oxygen atoms in total. The van der Waals surface area contributed by atoms with Gasteiger partial charge < -0.3 is 9.47 Å². The number of hydrogen-bond donors (Lipinski definition) is 0. The minimum absolute atomic E-state index is 0.306. The zero-order valence-corrected chi connectivity index (χ0v) is 8.38. The van der Waals surface area contributed by atoms with Gasteiger partial charge in [-0.25, -0.2) is 4.39 Å². The molecule has 3 rings (SSSR count). The van der Waals surface area contributed by atoms with Crippen LogP contribution in [-0.4, -0.2) is 25.2 Å². The molecule has 14 heavy (non-hydrogen) atoms. The Hall–Kier alpha value is -0.150. The van der Waals surface area contributed by atoms with Gasteiger partial charge in [0, 0.05) is 12.8 Å². The summed E-state index contributed by atoms with van der Waals surface area (Å²) < 4.78 is 24.6. The van der Waals surface area contributed by atoms with Crippen LogP contribution in [0.1, 0.15) is 32.1 Å².